The topological polar surface area (TPSA) is 58.0 Å². The first-order valence-electron chi connectivity index (χ1n) is 6.09. The van der Waals surface area contributed by atoms with Crippen LogP contribution < -0.4 is 10.1 Å². The predicted octanol–water partition coefficient (Wildman–Crippen LogP) is 5.19. The molecule has 0 amide bonds. The third kappa shape index (κ3) is 4.38. The van der Waals surface area contributed by atoms with Crippen molar-refractivity contribution in [3.05, 3.63) is 47.1 Å². The van der Waals surface area contributed by atoms with Crippen molar-refractivity contribution in [1.82, 2.24) is 4.98 Å². The van der Waals surface area contributed by atoms with Gasteiger partial charge in [0.15, 0.2) is 0 Å². The van der Waals surface area contributed by atoms with Gasteiger partial charge in [0.2, 0.25) is 0 Å². The SMILES string of the molecule is CC(F)(F)Oc1ccc(Nc2nccc(Cl)c2C(=N)Br)cc1. The minimum absolute atomic E-state index is 0.0468. The lowest BCUT2D eigenvalue weighted by atomic mass is 10.2. The van der Waals surface area contributed by atoms with Crippen molar-refractivity contribution >= 4 is 43.7 Å². The molecule has 2 N–H and O–H groups in total. The van der Waals surface area contributed by atoms with Crippen molar-refractivity contribution in [3.8, 4) is 5.75 Å². The fourth-order valence-electron chi connectivity index (χ4n) is 1.69. The maximum absolute atomic E-state index is 12.8. The zero-order valence-corrected chi connectivity index (χ0v) is 13.7. The van der Waals surface area contributed by atoms with Gasteiger partial charge in [-0.1, -0.05) is 11.6 Å². The monoisotopic (exact) mass is 389 g/mol. The third-order valence-electron chi connectivity index (χ3n) is 2.53. The Morgan fingerprint density at radius 2 is 1.95 bits per heavy atom. The lowest BCUT2D eigenvalue weighted by Crippen LogP contribution is -2.18. The van der Waals surface area contributed by atoms with Crippen LogP contribution in [0.5, 0.6) is 5.75 Å². The van der Waals surface area contributed by atoms with E-state index >= 15 is 0 Å². The minimum Gasteiger partial charge on any atom is -0.433 e. The van der Waals surface area contributed by atoms with E-state index in [9.17, 15) is 8.78 Å². The molecule has 0 atom stereocenters. The largest absolute Gasteiger partial charge is 0.433 e. The van der Waals surface area contributed by atoms with Gasteiger partial charge in [-0.2, -0.15) is 8.78 Å². The summed E-state index contributed by atoms with van der Waals surface area (Å²) >= 11 is 9.09. The zero-order valence-electron chi connectivity index (χ0n) is 11.3. The van der Waals surface area contributed by atoms with Crippen LogP contribution in [0.15, 0.2) is 36.5 Å². The van der Waals surface area contributed by atoms with Gasteiger partial charge >= 0.3 is 6.11 Å². The van der Waals surface area contributed by atoms with Gasteiger partial charge in [-0.15, -0.1) is 0 Å². The van der Waals surface area contributed by atoms with E-state index in [1.54, 1.807) is 18.2 Å². The Bertz CT molecular complexity index is 689. The van der Waals surface area contributed by atoms with E-state index in [-0.39, 0.29) is 10.4 Å². The summed E-state index contributed by atoms with van der Waals surface area (Å²) in [6.07, 6.45) is -1.74. The number of nitrogens with one attached hydrogen (secondary N) is 2. The Kier molecular flexibility index (Phi) is 4.97. The minimum atomic E-state index is -3.23. The van der Waals surface area contributed by atoms with Crippen molar-refractivity contribution in [2.45, 2.75) is 13.0 Å². The van der Waals surface area contributed by atoms with Gasteiger partial charge < -0.3 is 10.1 Å². The van der Waals surface area contributed by atoms with Gasteiger partial charge in [-0.05, 0) is 46.3 Å². The van der Waals surface area contributed by atoms with Crippen molar-refractivity contribution < 1.29 is 13.5 Å². The normalized spacial score (nSPS) is 11.1. The smallest absolute Gasteiger partial charge is 0.394 e. The van der Waals surface area contributed by atoms with E-state index in [4.69, 9.17) is 17.0 Å². The lowest BCUT2D eigenvalue weighted by Gasteiger charge is -2.14. The first-order valence-corrected chi connectivity index (χ1v) is 7.26. The Morgan fingerprint density at radius 1 is 1.32 bits per heavy atom. The first kappa shape index (κ1) is 16.6. The second-order valence-corrected chi connectivity index (χ2v) is 5.59. The van der Waals surface area contributed by atoms with Gasteiger partial charge in [-0.3, -0.25) is 5.41 Å². The van der Waals surface area contributed by atoms with E-state index in [2.05, 4.69) is 31.0 Å². The molecule has 4 nitrogen and oxygen atoms in total. The number of anilines is 2. The quantitative estimate of drug-likeness (QED) is 0.691. The fourth-order valence-corrected chi connectivity index (χ4v) is 2.45. The molecule has 0 bridgehead atoms. The number of halogens is 4. The third-order valence-corrected chi connectivity index (χ3v) is 3.25. The number of hydrogen-bond acceptors (Lipinski definition) is 4. The first-order chi connectivity index (χ1) is 10.3. The van der Waals surface area contributed by atoms with Gasteiger partial charge in [0.05, 0.1) is 10.6 Å². The number of benzene rings is 1. The maximum Gasteiger partial charge on any atom is 0.394 e. The maximum atomic E-state index is 12.8. The molecule has 2 aromatic rings. The summed E-state index contributed by atoms with van der Waals surface area (Å²) in [5.74, 6) is 0.425. The summed E-state index contributed by atoms with van der Waals surface area (Å²) in [6, 6.07) is 7.50. The molecule has 0 aliphatic carbocycles. The standard InChI is InChI=1S/C14H11BrClF2N3O/c1-14(17,18)22-9-4-2-8(3-5-9)21-13-11(12(15)19)10(16)6-7-20-13/h2-7,19H,1H3,(H,20,21). The Hall–Kier alpha value is -1.73. The molecule has 1 heterocycles. The molecule has 0 unspecified atom stereocenters. The van der Waals surface area contributed by atoms with Crippen LogP contribution >= 0.6 is 27.5 Å². The van der Waals surface area contributed by atoms with Crippen LogP contribution in [0.3, 0.4) is 0 Å². The zero-order chi connectivity index (χ0) is 16.3. The number of hydrogen-bond donors (Lipinski definition) is 2. The molecular formula is C14H11BrClF2N3O. The number of rotatable bonds is 5. The predicted molar refractivity (Wildman–Crippen MR) is 86.0 cm³/mol. The van der Waals surface area contributed by atoms with Crippen molar-refractivity contribution in [3.63, 3.8) is 0 Å². The van der Waals surface area contributed by atoms with Crippen LogP contribution in [0.4, 0.5) is 20.3 Å². The second kappa shape index (κ2) is 6.58. The average molecular weight is 391 g/mol. The summed E-state index contributed by atoms with van der Waals surface area (Å²) in [6.45, 7) is 0.670. The number of nitrogens with zero attached hydrogens (tertiary/aromatic N) is 1. The molecule has 0 saturated carbocycles. The summed E-state index contributed by atoms with van der Waals surface area (Å²) in [7, 11) is 0. The molecule has 8 heteroatoms. The summed E-state index contributed by atoms with van der Waals surface area (Å²) in [5.41, 5.74) is 1.00. The van der Waals surface area contributed by atoms with Crippen LogP contribution in [-0.2, 0) is 0 Å². The van der Waals surface area contributed by atoms with E-state index in [1.807, 2.05) is 0 Å². The highest BCUT2D eigenvalue weighted by atomic mass is 79.9. The Balaban J connectivity index is 2.22. The number of aromatic nitrogens is 1. The van der Waals surface area contributed by atoms with Crippen molar-refractivity contribution in [2.24, 2.45) is 0 Å². The number of alkyl halides is 2. The molecular weight excluding hydrogens is 380 g/mol. The van der Waals surface area contributed by atoms with Gasteiger partial charge in [0.25, 0.3) is 0 Å². The van der Waals surface area contributed by atoms with Crippen molar-refractivity contribution in [1.29, 1.82) is 5.41 Å². The van der Waals surface area contributed by atoms with Gasteiger partial charge in [-0.25, -0.2) is 4.98 Å². The van der Waals surface area contributed by atoms with Crippen LogP contribution in [0, 0.1) is 5.41 Å². The molecule has 0 fully saturated rings. The highest BCUT2D eigenvalue weighted by Crippen LogP contribution is 2.28. The van der Waals surface area contributed by atoms with Crippen LogP contribution in [0.1, 0.15) is 12.5 Å². The highest BCUT2D eigenvalue weighted by molar-refractivity contribution is 9.18. The number of ether oxygens (including phenoxy) is 1. The molecule has 0 aliphatic rings. The molecule has 1 aromatic heterocycles. The van der Waals surface area contributed by atoms with E-state index in [1.165, 1.54) is 18.3 Å². The Labute approximate surface area is 139 Å². The summed E-state index contributed by atoms with van der Waals surface area (Å²) < 4.78 is 30.0. The van der Waals surface area contributed by atoms with E-state index < -0.39 is 6.11 Å². The van der Waals surface area contributed by atoms with Gasteiger partial charge in [0, 0.05) is 18.8 Å². The molecule has 0 saturated heterocycles. The summed E-state index contributed by atoms with van der Waals surface area (Å²) in [4.78, 5) is 4.12. The molecule has 0 spiro atoms. The molecule has 1 aromatic carbocycles. The van der Waals surface area contributed by atoms with Crippen LogP contribution in [0.25, 0.3) is 0 Å². The highest BCUT2D eigenvalue weighted by Gasteiger charge is 2.22. The summed E-state index contributed by atoms with van der Waals surface area (Å²) in [5, 5.41) is 11.0. The average Bonchev–Trinajstić information content (AvgIpc) is 2.39. The molecule has 22 heavy (non-hydrogen) atoms. The molecule has 0 radical (unpaired) electrons. The molecule has 2 rings (SSSR count). The number of pyridine rings is 1. The molecule has 116 valence electrons. The van der Waals surface area contributed by atoms with Gasteiger partial charge in [0.1, 0.15) is 16.2 Å². The van der Waals surface area contributed by atoms with Crippen LogP contribution in [-0.4, -0.2) is 15.7 Å². The second-order valence-electron chi connectivity index (χ2n) is 4.39. The van der Waals surface area contributed by atoms with E-state index in [0.717, 1.165) is 0 Å². The van der Waals surface area contributed by atoms with Crippen LogP contribution in [0.2, 0.25) is 5.02 Å². The van der Waals surface area contributed by atoms with Crippen molar-refractivity contribution in [2.75, 3.05) is 5.32 Å². The van der Waals surface area contributed by atoms with E-state index in [0.29, 0.717) is 29.0 Å². The Morgan fingerprint density at radius 3 is 2.50 bits per heavy atom. The molecule has 0 aliphatic heterocycles. The lowest BCUT2D eigenvalue weighted by molar-refractivity contribution is -0.158. The fraction of sp³-hybridized carbons (Fsp3) is 0.143.